The summed E-state index contributed by atoms with van der Waals surface area (Å²) >= 11 is 0. The number of nitrogens with two attached hydrogens (primary N) is 1. The highest BCUT2D eigenvalue weighted by atomic mass is 19.4. The number of esters is 1. The van der Waals surface area contributed by atoms with Gasteiger partial charge in [-0.15, -0.1) is 0 Å². The van der Waals surface area contributed by atoms with E-state index in [4.69, 9.17) is 15.6 Å². The van der Waals surface area contributed by atoms with Gasteiger partial charge < -0.3 is 26.2 Å². The van der Waals surface area contributed by atoms with Crippen molar-refractivity contribution in [3.8, 4) is 0 Å². The summed E-state index contributed by atoms with van der Waals surface area (Å²) in [7, 11) is 0. The molecule has 14 heteroatoms. The van der Waals surface area contributed by atoms with Crippen molar-refractivity contribution in [2.75, 3.05) is 11.9 Å². The summed E-state index contributed by atoms with van der Waals surface area (Å²) in [6.45, 7) is 1.75. The largest absolute Gasteiger partial charge is 0.490 e. The number of imide groups is 1. The number of ether oxygens (including phenoxy) is 1. The van der Waals surface area contributed by atoms with Crippen molar-refractivity contribution in [1.29, 1.82) is 0 Å². The number of halogens is 3. The first-order valence-corrected chi connectivity index (χ1v) is 8.58. The molecule has 0 bridgehead atoms. The van der Waals surface area contributed by atoms with Gasteiger partial charge in [0, 0.05) is 5.69 Å². The van der Waals surface area contributed by atoms with Crippen LogP contribution >= 0.6 is 0 Å². The number of carbonyl (C=O) groups excluding carboxylic acids is 4. The lowest BCUT2D eigenvalue weighted by Crippen LogP contribution is -2.48. The van der Waals surface area contributed by atoms with Crippen molar-refractivity contribution >= 4 is 35.5 Å². The minimum atomic E-state index is -5.08. The van der Waals surface area contributed by atoms with Gasteiger partial charge in [0.2, 0.25) is 5.91 Å². The zero-order valence-electron chi connectivity index (χ0n) is 16.0. The number of urea groups is 1. The SMILES string of the molecule is CCOC(=O)C(N)C(=O)Nc1ccc(C2CC(=O)NC(=O)N2)cc1.O=C(O)C(F)(F)F. The topological polar surface area (TPSA) is 177 Å². The van der Waals surface area contributed by atoms with Crippen LogP contribution in [0.2, 0.25) is 0 Å². The maximum Gasteiger partial charge on any atom is 0.490 e. The van der Waals surface area contributed by atoms with Crippen LogP contribution in [0.5, 0.6) is 0 Å². The standard InChI is InChI=1S/C15H18N4O5.C2HF3O2/c1-2-24-14(22)12(16)13(21)17-9-5-3-8(4-6-9)10-7-11(20)19-15(23)18-10;3-2(4,5)1(6)7/h3-6,10,12H,2,7,16H2,1H3,(H,17,21)(H2,18,19,20,23);(H,6,7). The lowest BCUT2D eigenvalue weighted by atomic mass is 10.0. The Morgan fingerprint density at radius 1 is 1.26 bits per heavy atom. The monoisotopic (exact) mass is 448 g/mol. The van der Waals surface area contributed by atoms with Crippen LogP contribution in [0.15, 0.2) is 24.3 Å². The van der Waals surface area contributed by atoms with Gasteiger partial charge in [-0.25, -0.2) is 14.4 Å². The number of carboxylic acids is 1. The summed E-state index contributed by atoms with van der Waals surface area (Å²) in [5, 5.41) is 14.4. The molecular weight excluding hydrogens is 429 g/mol. The van der Waals surface area contributed by atoms with Gasteiger partial charge in [0.25, 0.3) is 5.91 Å². The number of hydrogen-bond acceptors (Lipinski definition) is 7. The molecule has 1 aromatic carbocycles. The van der Waals surface area contributed by atoms with Crippen LogP contribution in [-0.2, 0) is 23.9 Å². The van der Waals surface area contributed by atoms with Crippen LogP contribution in [0.1, 0.15) is 24.9 Å². The number of anilines is 1. The van der Waals surface area contributed by atoms with E-state index in [2.05, 4.69) is 20.7 Å². The minimum absolute atomic E-state index is 0.130. The fourth-order valence-electron chi connectivity index (χ4n) is 2.17. The van der Waals surface area contributed by atoms with Crippen LogP contribution in [0, 0.1) is 0 Å². The molecule has 4 amide bonds. The molecule has 0 aliphatic carbocycles. The molecule has 0 radical (unpaired) electrons. The van der Waals surface area contributed by atoms with Crippen molar-refractivity contribution in [3.05, 3.63) is 29.8 Å². The molecule has 0 spiro atoms. The molecule has 2 rings (SSSR count). The second kappa shape index (κ2) is 10.9. The van der Waals surface area contributed by atoms with Gasteiger partial charge in [-0.05, 0) is 24.6 Å². The van der Waals surface area contributed by atoms with Crippen molar-refractivity contribution in [2.24, 2.45) is 5.73 Å². The van der Waals surface area contributed by atoms with Gasteiger partial charge in [0.1, 0.15) is 0 Å². The molecule has 1 heterocycles. The third-order valence-corrected chi connectivity index (χ3v) is 3.59. The molecule has 170 valence electrons. The fourth-order valence-corrected chi connectivity index (χ4v) is 2.17. The van der Waals surface area contributed by atoms with E-state index in [1.165, 1.54) is 0 Å². The third kappa shape index (κ3) is 8.30. The highest BCUT2D eigenvalue weighted by molar-refractivity contribution is 6.08. The van der Waals surface area contributed by atoms with Gasteiger partial charge >= 0.3 is 24.1 Å². The lowest BCUT2D eigenvalue weighted by molar-refractivity contribution is -0.192. The van der Waals surface area contributed by atoms with Crippen LogP contribution < -0.4 is 21.7 Å². The van der Waals surface area contributed by atoms with E-state index >= 15 is 0 Å². The van der Waals surface area contributed by atoms with E-state index < -0.39 is 42.1 Å². The smallest absolute Gasteiger partial charge is 0.475 e. The normalized spacial score (nSPS) is 16.6. The summed E-state index contributed by atoms with van der Waals surface area (Å²) in [6, 6.07) is 4.11. The first kappa shape index (κ1) is 25.4. The van der Waals surface area contributed by atoms with Crippen LogP contribution in [0.3, 0.4) is 0 Å². The molecule has 2 unspecified atom stereocenters. The van der Waals surface area contributed by atoms with E-state index in [1.807, 2.05) is 0 Å². The lowest BCUT2D eigenvalue weighted by Gasteiger charge is -2.23. The Balaban J connectivity index is 0.000000592. The number of carboxylic acid groups (broad SMARTS) is 1. The molecule has 31 heavy (non-hydrogen) atoms. The van der Waals surface area contributed by atoms with E-state index in [9.17, 15) is 32.3 Å². The zero-order chi connectivity index (χ0) is 23.8. The average Bonchev–Trinajstić information content (AvgIpc) is 2.67. The van der Waals surface area contributed by atoms with Crippen molar-refractivity contribution < 1.29 is 47.0 Å². The van der Waals surface area contributed by atoms with Gasteiger partial charge in [-0.1, -0.05) is 12.1 Å². The zero-order valence-corrected chi connectivity index (χ0v) is 16.0. The van der Waals surface area contributed by atoms with Crippen LogP contribution in [0.4, 0.5) is 23.7 Å². The van der Waals surface area contributed by atoms with Crippen LogP contribution in [-0.4, -0.2) is 53.7 Å². The second-order valence-corrected chi connectivity index (χ2v) is 5.92. The summed E-state index contributed by atoms with van der Waals surface area (Å²) < 4.78 is 36.4. The number of aliphatic carboxylic acids is 1. The van der Waals surface area contributed by atoms with E-state index in [0.29, 0.717) is 11.3 Å². The number of rotatable bonds is 5. The highest BCUT2D eigenvalue weighted by Gasteiger charge is 2.38. The quantitative estimate of drug-likeness (QED) is 0.318. The Bertz CT molecular complexity index is 827. The van der Waals surface area contributed by atoms with Crippen molar-refractivity contribution in [1.82, 2.24) is 10.6 Å². The van der Waals surface area contributed by atoms with Gasteiger partial charge in [0.15, 0.2) is 6.04 Å². The Hall–Kier alpha value is -3.68. The van der Waals surface area contributed by atoms with E-state index in [1.54, 1.807) is 31.2 Å². The summed E-state index contributed by atoms with van der Waals surface area (Å²) in [5.41, 5.74) is 6.63. The molecule has 0 aromatic heterocycles. The molecular formula is C17H19F3N4O7. The first-order chi connectivity index (χ1) is 14.3. The molecule has 1 aromatic rings. The maximum atomic E-state index is 11.9. The number of hydrogen-bond donors (Lipinski definition) is 5. The Labute approximate surface area is 173 Å². The fraction of sp³-hybridized carbons (Fsp3) is 0.353. The predicted molar refractivity (Wildman–Crippen MR) is 97.4 cm³/mol. The van der Waals surface area contributed by atoms with Crippen LogP contribution in [0.25, 0.3) is 0 Å². The third-order valence-electron chi connectivity index (χ3n) is 3.59. The molecule has 11 nitrogen and oxygen atoms in total. The average molecular weight is 448 g/mol. The molecule has 1 fully saturated rings. The number of benzene rings is 1. The summed E-state index contributed by atoms with van der Waals surface area (Å²) in [6.07, 6.45) is -4.95. The highest BCUT2D eigenvalue weighted by Crippen LogP contribution is 2.21. The predicted octanol–water partition coefficient (Wildman–Crippen LogP) is 0.419. The maximum absolute atomic E-state index is 11.9. The van der Waals surface area contributed by atoms with Crippen molar-refractivity contribution in [3.63, 3.8) is 0 Å². The number of amides is 4. The van der Waals surface area contributed by atoms with Gasteiger partial charge in [0.05, 0.1) is 19.1 Å². The van der Waals surface area contributed by atoms with Gasteiger partial charge in [-0.3, -0.25) is 14.9 Å². The second-order valence-electron chi connectivity index (χ2n) is 5.92. The molecule has 0 saturated carbocycles. The number of carbonyl (C=O) groups is 5. The van der Waals surface area contributed by atoms with Crippen molar-refractivity contribution in [2.45, 2.75) is 31.6 Å². The Kier molecular flexibility index (Phi) is 8.93. The summed E-state index contributed by atoms with van der Waals surface area (Å²) in [5.74, 6) is -4.61. The van der Waals surface area contributed by atoms with Gasteiger partial charge in [-0.2, -0.15) is 13.2 Å². The van der Waals surface area contributed by atoms with E-state index in [0.717, 1.165) is 0 Å². The number of nitrogens with one attached hydrogen (secondary N) is 3. The van der Waals surface area contributed by atoms with E-state index in [-0.39, 0.29) is 18.9 Å². The molecule has 1 aliphatic heterocycles. The molecule has 1 saturated heterocycles. The Morgan fingerprint density at radius 3 is 2.26 bits per heavy atom. The number of alkyl halides is 3. The molecule has 1 aliphatic rings. The molecule has 6 N–H and O–H groups in total. The Morgan fingerprint density at radius 2 is 1.81 bits per heavy atom. The summed E-state index contributed by atoms with van der Waals surface area (Å²) in [4.78, 5) is 54.8. The molecule has 2 atom stereocenters. The first-order valence-electron chi connectivity index (χ1n) is 8.58. The minimum Gasteiger partial charge on any atom is -0.475 e.